The van der Waals surface area contributed by atoms with Crippen LogP contribution in [0.15, 0.2) is 36.4 Å². The lowest BCUT2D eigenvalue weighted by Gasteiger charge is -2.19. The highest BCUT2D eigenvalue weighted by molar-refractivity contribution is 6.83. The largest absolute Gasteiger partial charge is 0.438 e. The molecule has 1 atom stereocenters. The maximum Gasteiger partial charge on any atom is 0.340 e. The summed E-state index contributed by atoms with van der Waals surface area (Å²) in [7, 11) is -1.33. The van der Waals surface area contributed by atoms with Crippen molar-refractivity contribution in [3.8, 4) is 11.8 Å². The van der Waals surface area contributed by atoms with Crippen LogP contribution in [0.4, 0.5) is 0 Å². The highest BCUT2D eigenvalue weighted by Crippen LogP contribution is 2.32. The lowest BCUT2D eigenvalue weighted by atomic mass is 10.0. The van der Waals surface area contributed by atoms with Gasteiger partial charge in [0.1, 0.15) is 6.07 Å². The van der Waals surface area contributed by atoms with E-state index in [0.29, 0.717) is 29.8 Å². The van der Waals surface area contributed by atoms with Gasteiger partial charge in [0.25, 0.3) is 5.91 Å². The molecular weight excluding hydrogens is 458 g/mol. The van der Waals surface area contributed by atoms with Crippen molar-refractivity contribution in [3.05, 3.63) is 69.8 Å². The highest BCUT2D eigenvalue weighted by atomic mass is 28.3. The Bertz CT molecular complexity index is 1150. The maximum absolute atomic E-state index is 12.1. The predicted octanol–water partition coefficient (Wildman–Crippen LogP) is 5.41. The molecule has 8 heteroatoms. The number of ether oxygens (including phenoxy) is 1. The van der Waals surface area contributed by atoms with Crippen LogP contribution in [-0.2, 0) is 4.74 Å². The molecule has 0 spiro atoms. The van der Waals surface area contributed by atoms with E-state index in [1.54, 1.807) is 29.2 Å². The van der Waals surface area contributed by atoms with Crippen LogP contribution in [0.5, 0.6) is 0 Å². The SMILES string of the molecule is CCN(CC)C(=O)c1cccc(C)c1C=O.C[Si](C)(C)C#N.Cc1cccc2c1C(C#N)OC2=O. The van der Waals surface area contributed by atoms with Crippen LogP contribution in [0.2, 0.25) is 19.6 Å². The van der Waals surface area contributed by atoms with E-state index < -0.39 is 20.1 Å². The second kappa shape index (κ2) is 13.2. The third kappa shape index (κ3) is 7.91. The van der Waals surface area contributed by atoms with Gasteiger partial charge in [-0.15, -0.1) is 0 Å². The number of benzene rings is 2. The number of nitrogens with zero attached hydrogens (tertiary/aromatic N) is 3. The molecule has 1 amide bonds. The number of aldehydes is 1. The molecule has 0 saturated carbocycles. The number of carbonyl (C=O) groups is 3. The lowest BCUT2D eigenvalue weighted by Crippen LogP contribution is -2.31. The van der Waals surface area contributed by atoms with E-state index in [1.807, 2.05) is 65.5 Å². The number of carbonyl (C=O) groups excluding carboxylic acids is 3. The molecule has 35 heavy (non-hydrogen) atoms. The van der Waals surface area contributed by atoms with Crippen LogP contribution in [0.1, 0.15) is 67.7 Å². The summed E-state index contributed by atoms with van der Waals surface area (Å²) in [5.41, 5.74) is 6.25. The highest BCUT2D eigenvalue weighted by Gasteiger charge is 2.31. The van der Waals surface area contributed by atoms with Crippen LogP contribution >= 0.6 is 0 Å². The van der Waals surface area contributed by atoms with Crippen molar-refractivity contribution in [2.45, 2.75) is 53.4 Å². The second-order valence-corrected chi connectivity index (χ2v) is 13.7. The summed E-state index contributed by atoms with van der Waals surface area (Å²) in [6.45, 7) is 14.9. The van der Waals surface area contributed by atoms with Gasteiger partial charge in [-0.25, -0.2) is 10.1 Å². The van der Waals surface area contributed by atoms with E-state index in [0.717, 1.165) is 23.0 Å². The Morgan fingerprint density at radius 2 is 1.60 bits per heavy atom. The molecule has 0 fully saturated rings. The number of hydrogen-bond donors (Lipinski definition) is 0. The fourth-order valence-electron chi connectivity index (χ4n) is 3.23. The molecule has 0 saturated heterocycles. The summed E-state index contributed by atoms with van der Waals surface area (Å²) in [6.07, 6.45) is 0.0372. The molecular formula is C27H33N3O4Si. The summed E-state index contributed by atoms with van der Waals surface area (Å²) in [6, 6.07) is 12.6. The third-order valence-corrected chi connectivity index (χ3v) is 5.88. The average Bonchev–Trinajstić information content (AvgIpc) is 3.17. The molecule has 0 N–H and O–H groups in total. The number of amides is 1. The summed E-state index contributed by atoms with van der Waals surface area (Å²) >= 11 is 0. The molecule has 1 unspecified atom stereocenters. The van der Waals surface area contributed by atoms with Crippen molar-refractivity contribution < 1.29 is 19.1 Å². The minimum Gasteiger partial charge on any atom is -0.438 e. The number of nitriles is 2. The maximum atomic E-state index is 12.1. The zero-order chi connectivity index (χ0) is 26.8. The normalized spacial score (nSPS) is 13.4. The molecule has 1 aliphatic heterocycles. The predicted molar refractivity (Wildman–Crippen MR) is 138 cm³/mol. The first-order chi connectivity index (χ1) is 16.4. The van der Waals surface area contributed by atoms with Gasteiger partial charge < -0.3 is 9.64 Å². The quantitative estimate of drug-likeness (QED) is 0.321. The number of cyclic esters (lactones) is 1. The Morgan fingerprint density at radius 3 is 2.09 bits per heavy atom. The zero-order valence-electron chi connectivity index (χ0n) is 21.5. The van der Waals surface area contributed by atoms with Gasteiger partial charge >= 0.3 is 5.97 Å². The van der Waals surface area contributed by atoms with E-state index >= 15 is 0 Å². The van der Waals surface area contributed by atoms with Gasteiger partial charge in [0, 0.05) is 29.9 Å². The first kappa shape index (κ1) is 29.3. The molecule has 184 valence electrons. The Kier molecular flexibility index (Phi) is 11.1. The van der Waals surface area contributed by atoms with Crippen LogP contribution in [0, 0.1) is 36.1 Å². The molecule has 0 bridgehead atoms. The summed E-state index contributed by atoms with van der Waals surface area (Å²) < 4.78 is 4.86. The number of aryl methyl sites for hydroxylation is 2. The smallest absolute Gasteiger partial charge is 0.340 e. The van der Waals surface area contributed by atoms with E-state index in [4.69, 9.17) is 15.3 Å². The Hall–Kier alpha value is -3.75. The van der Waals surface area contributed by atoms with Gasteiger partial charge in [-0.2, -0.15) is 5.26 Å². The van der Waals surface area contributed by atoms with Gasteiger partial charge in [0.15, 0.2) is 14.4 Å². The molecule has 7 nitrogen and oxygen atoms in total. The molecule has 2 aromatic carbocycles. The monoisotopic (exact) mass is 491 g/mol. The zero-order valence-corrected chi connectivity index (χ0v) is 22.5. The minimum atomic E-state index is -1.33. The first-order valence-electron chi connectivity index (χ1n) is 11.4. The third-order valence-electron chi connectivity index (χ3n) is 5.21. The Labute approximate surface area is 208 Å². The average molecular weight is 492 g/mol. The van der Waals surface area contributed by atoms with Gasteiger partial charge in [-0.05, 0) is 51.0 Å². The van der Waals surface area contributed by atoms with Gasteiger partial charge in [-0.3, -0.25) is 9.59 Å². The van der Waals surface area contributed by atoms with Crippen LogP contribution in [0.25, 0.3) is 0 Å². The van der Waals surface area contributed by atoms with Crippen molar-refractivity contribution in [2.75, 3.05) is 13.1 Å². The van der Waals surface area contributed by atoms with Crippen molar-refractivity contribution in [3.63, 3.8) is 0 Å². The molecule has 0 radical (unpaired) electrons. The van der Waals surface area contributed by atoms with E-state index in [2.05, 4.69) is 5.69 Å². The lowest BCUT2D eigenvalue weighted by molar-refractivity contribution is 0.0477. The first-order valence-corrected chi connectivity index (χ1v) is 14.9. The standard InChI is InChI=1S/C13H17NO2.C10H7NO2.C4H9NSi/c1-4-14(5-2)13(16)11-8-6-7-10(3)12(11)9-15;1-6-3-2-4-7-9(6)8(5-11)13-10(7)12;1-6(2,3)4-5/h6-9H,4-5H2,1-3H3;2-4,8H,1H3;1-3H3. The van der Waals surface area contributed by atoms with Crippen molar-refractivity contribution >= 4 is 26.2 Å². The van der Waals surface area contributed by atoms with E-state index in [1.165, 1.54) is 0 Å². The summed E-state index contributed by atoms with van der Waals surface area (Å²) in [5, 5.41) is 16.9. The molecule has 1 aliphatic rings. The van der Waals surface area contributed by atoms with Crippen molar-refractivity contribution in [1.82, 2.24) is 4.90 Å². The molecule has 1 heterocycles. The number of esters is 1. The van der Waals surface area contributed by atoms with E-state index in [9.17, 15) is 14.4 Å². The Morgan fingerprint density at radius 1 is 1.06 bits per heavy atom. The van der Waals surface area contributed by atoms with Gasteiger partial charge in [0.2, 0.25) is 6.10 Å². The number of fused-ring (bicyclic) bond motifs is 1. The van der Waals surface area contributed by atoms with Crippen LogP contribution in [-0.4, -0.2) is 44.2 Å². The molecule has 0 aliphatic carbocycles. The van der Waals surface area contributed by atoms with Gasteiger partial charge in [-0.1, -0.05) is 43.9 Å². The fourth-order valence-corrected chi connectivity index (χ4v) is 3.23. The van der Waals surface area contributed by atoms with Gasteiger partial charge in [0.05, 0.1) is 11.1 Å². The summed E-state index contributed by atoms with van der Waals surface area (Å²) in [5.74, 6) is -0.471. The number of hydrogen-bond acceptors (Lipinski definition) is 6. The van der Waals surface area contributed by atoms with Crippen LogP contribution in [0.3, 0.4) is 0 Å². The van der Waals surface area contributed by atoms with Crippen molar-refractivity contribution in [1.29, 1.82) is 10.5 Å². The van der Waals surface area contributed by atoms with Crippen LogP contribution < -0.4 is 0 Å². The molecule has 2 aromatic rings. The second-order valence-electron chi connectivity index (χ2n) is 8.94. The summed E-state index contributed by atoms with van der Waals surface area (Å²) in [4.78, 5) is 36.0. The minimum absolute atomic E-state index is 0.0733. The van der Waals surface area contributed by atoms with Crippen molar-refractivity contribution in [2.24, 2.45) is 0 Å². The topological polar surface area (TPSA) is 111 Å². The van der Waals surface area contributed by atoms with E-state index in [-0.39, 0.29) is 5.91 Å². The molecule has 3 rings (SSSR count). The fraction of sp³-hybridized carbons (Fsp3) is 0.370. The Balaban J connectivity index is 0.000000289. The number of rotatable bonds is 4. The molecule has 0 aromatic heterocycles.